The second kappa shape index (κ2) is 12.6. The van der Waals surface area contributed by atoms with Crippen LogP contribution in [0.15, 0.2) is 42.5 Å². The standard InChI is InChI=1S/C33H39Cl3N4O/c1-20-30(39-40(31-11-10-27(35)18-29(31)36)32(20)23-6-8-26(34)9-7-23)19-38-33(41)37-12-4-2-3-5-28-24-14-21-13-22(16-24)17-25(28)15-21/h6-11,18,21-22,24-25,28H,2-5,12-17,19H2,1H3,(H2,37,38,41)/t21-,22+,24-,25+,28?. The number of hydrogen-bond donors (Lipinski definition) is 2. The lowest BCUT2D eigenvalue weighted by molar-refractivity contribution is -0.0404. The lowest BCUT2D eigenvalue weighted by Gasteiger charge is -2.54. The predicted molar refractivity (Wildman–Crippen MR) is 168 cm³/mol. The van der Waals surface area contributed by atoms with Crippen molar-refractivity contribution in [3.05, 3.63) is 68.8 Å². The highest BCUT2D eigenvalue weighted by atomic mass is 35.5. The van der Waals surface area contributed by atoms with Gasteiger partial charge < -0.3 is 10.6 Å². The van der Waals surface area contributed by atoms with Gasteiger partial charge in [0, 0.05) is 27.7 Å². The Labute approximate surface area is 258 Å². The summed E-state index contributed by atoms with van der Waals surface area (Å²) in [4.78, 5) is 12.6. The van der Waals surface area contributed by atoms with Gasteiger partial charge in [0.15, 0.2) is 0 Å². The van der Waals surface area contributed by atoms with Gasteiger partial charge >= 0.3 is 6.03 Å². The molecule has 5 nitrogen and oxygen atoms in total. The molecule has 4 saturated carbocycles. The Bertz CT molecular complexity index is 1360. The van der Waals surface area contributed by atoms with E-state index in [1.165, 1.54) is 51.4 Å². The summed E-state index contributed by atoms with van der Waals surface area (Å²) in [6.45, 7) is 3.01. The number of carbonyl (C=O) groups is 1. The fourth-order valence-corrected chi connectivity index (χ4v) is 8.72. The third-order valence-electron chi connectivity index (χ3n) is 9.81. The molecule has 0 saturated heterocycles. The Balaban J connectivity index is 1.01. The van der Waals surface area contributed by atoms with Gasteiger partial charge in [0.1, 0.15) is 0 Å². The van der Waals surface area contributed by atoms with E-state index in [2.05, 4.69) is 10.6 Å². The van der Waals surface area contributed by atoms with Crippen molar-refractivity contribution in [2.45, 2.75) is 71.3 Å². The van der Waals surface area contributed by atoms with Crippen molar-refractivity contribution in [2.24, 2.45) is 29.6 Å². The summed E-state index contributed by atoms with van der Waals surface area (Å²) in [6, 6.07) is 12.8. The number of urea groups is 1. The van der Waals surface area contributed by atoms with E-state index in [0.29, 0.717) is 33.8 Å². The molecule has 0 atom stereocenters. The molecule has 4 aliphatic rings. The molecule has 2 amide bonds. The van der Waals surface area contributed by atoms with Crippen LogP contribution in [0.5, 0.6) is 0 Å². The predicted octanol–water partition coefficient (Wildman–Crippen LogP) is 9.24. The number of benzene rings is 2. The zero-order valence-corrected chi connectivity index (χ0v) is 25.9. The van der Waals surface area contributed by atoms with Crippen LogP contribution in [-0.4, -0.2) is 22.4 Å². The molecule has 2 N–H and O–H groups in total. The van der Waals surface area contributed by atoms with E-state index in [1.54, 1.807) is 12.1 Å². The average Bonchev–Trinajstić information content (AvgIpc) is 3.26. The molecule has 8 heteroatoms. The van der Waals surface area contributed by atoms with Crippen molar-refractivity contribution in [3.63, 3.8) is 0 Å². The number of rotatable bonds is 10. The van der Waals surface area contributed by atoms with Crippen LogP contribution in [0.25, 0.3) is 16.9 Å². The highest BCUT2D eigenvalue weighted by molar-refractivity contribution is 6.35. The summed E-state index contributed by atoms with van der Waals surface area (Å²) >= 11 is 18.9. The van der Waals surface area contributed by atoms with E-state index < -0.39 is 0 Å². The summed E-state index contributed by atoms with van der Waals surface area (Å²) in [6.07, 6.45) is 12.4. The van der Waals surface area contributed by atoms with Crippen LogP contribution in [0.1, 0.15) is 69.0 Å². The summed E-state index contributed by atoms with van der Waals surface area (Å²) in [7, 11) is 0. The molecule has 0 aliphatic heterocycles. The van der Waals surface area contributed by atoms with Gasteiger partial charge in [-0.25, -0.2) is 9.48 Å². The van der Waals surface area contributed by atoms with Crippen LogP contribution in [0.3, 0.4) is 0 Å². The molecule has 1 heterocycles. The number of nitrogens with one attached hydrogen (secondary N) is 2. The summed E-state index contributed by atoms with van der Waals surface area (Å²) in [5, 5.41) is 12.6. The number of hydrogen-bond acceptors (Lipinski definition) is 2. The Morgan fingerprint density at radius 3 is 2.24 bits per heavy atom. The van der Waals surface area contributed by atoms with Crippen molar-refractivity contribution >= 4 is 40.8 Å². The van der Waals surface area contributed by atoms with Gasteiger partial charge in [0.25, 0.3) is 0 Å². The van der Waals surface area contributed by atoms with Crippen molar-refractivity contribution in [3.8, 4) is 16.9 Å². The van der Waals surface area contributed by atoms with Crippen molar-refractivity contribution in [2.75, 3.05) is 6.54 Å². The lowest BCUT2D eigenvalue weighted by atomic mass is 9.51. The summed E-state index contributed by atoms with van der Waals surface area (Å²) < 4.78 is 1.82. The van der Waals surface area contributed by atoms with E-state index in [1.807, 2.05) is 41.9 Å². The number of unbranched alkanes of at least 4 members (excludes halogenated alkanes) is 2. The number of nitrogens with zero attached hydrogens (tertiary/aromatic N) is 2. The number of aromatic nitrogens is 2. The first-order valence-electron chi connectivity index (χ1n) is 15.2. The first kappa shape index (κ1) is 28.9. The maximum atomic E-state index is 12.6. The zero-order valence-electron chi connectivity index (χ0n) is 23.6. The van der Waals surface area contributed by atoms with Crippen molar-refractivity contribution in [1.82, 2.24) is 20.4 Å². The van der Waals surface area contributed by atoms with E-state index >= 15 is 0 Å². The normalized spacial score (nSPS) is 24.5. The molecule has 0 spiro atoms. The summed E-state index contributed by atoms with van der Waals surface area (Å²) in [5.41, 5.74) is 4.29. The van der Waals surface area contributed by atoms with E-state index in [9.17, 15) is 4.79 Å². The van der Waals surface area contributed by atoms with E-state index in [-0.39, 0.29) is 6.03 Å². The Morgan fingerprint density at radius 1 is 0.878 bits per heavy atom. The molecule has 3 aromatic rings. The smallest absolute Gasteiger partial charge is 0.315 e. The van der Waals surface area contributed by atoms with Crippen LogP contribution in [0.4, 0.5) is 4.79 Å². The molecule has 4 fully saturated rings. The zero-order chi connectivity index (χ0) is 28.5. The van der Waals surface area contributed by atoms with Gasteiger partial charge in [-0.2, -0.15) is 5.10 Å². The fraction of sp³-hybridized carbons (Fsp3) is 0.515. The minimum Gasteiger partial charge on any atom is -0.338 e. The van der Waals surface area contributed by atoms with E-state index in [0.717, 1.165) is 58.5 Å². The van der Waals surface area contributed by atoms with Crippen LogP contribution >= 0.6 is 34.8 Å². The third kappa shape index (κ3) is 6.43. The maximum Gasteiger partial charge on any atom is 0.315 e. The van der Waals surface area contributed by atoms with Crippen LogP contribution in [0, 0.1) is 36.5 Å². The Morgan fingerprint density at radius 2 is 1.56 bits per heavy atom. The second-order valence-corrected chi connectivity index (χ2v) is 13.8. The lowest BCUT2D eigenvalue weighted by Crippen LogP contribution is -2.44. The molecule has 1 aromatic heterocycles. The van der Waals surface area contributed by atoms with Crippen molar-refractivity contribution < 1.29 is 4.79 Å². The number of carbonyl (C=O) groups excluding carboxylic acids is 1. The third-order valence-corrected chi connectivity index (χ3v) is 10.6. The minimum atomic E-state index is -0.169. The maximum absolute atomic E-state index is 12.6. The van der Waals surface area contributed by atoms with E-state index in [4.69, 9.17) is 39.9 Å². The SMILES string of the molecule is Cc1c(CNC(=O)NCCCCCC2[C@H]3C[C@@H]4C[C@@H](C[C@H]2C4)C3)nn(-c2ccc(Cl)cc2Cl)c1-c1ccc(Cl)cc1. The molecule has 41 heavy (non-hydrogen) atoms. The molecule has 0 radical (unpaired) electrons. The number of amides is 2. The van der Waals surface area contributed by atoms with Gasteiger partial charge in [0.2, 0.25) is 0 Å². The Hall–Kier alpha value is -2.21. The van der Waals surface area contributed by atoms with Gasteiger partial charge in [-0.05, 0) is 112 Å². The Kier molecular flexibility index (Phi) is 8.86. The van der Waals surface area contributed by atoms with Gasteiger partial charge in [-0.3, -0.25) is 0 Å². The quantitative estimate of drug-likeness (QED) is 0.224. The largest absolute Gasteiger partial charge is 0.338 e. The fourth-order valence-electron chi connectivity index (χ4n) is 8.10. The van der Waals surface area contributed by atoms with Gasteiger partial charge in [0.05, 0.1) is 28.6 Å². The molecule has 2 aromatic carbocycles. The highest BCUT2D eigenvalue weighted by Gasteiger charge is 2.47. The van der Waals surface area contributed by atoms with Crippen LogP contribution in [0.2, 0.25) is 15.1 Å². The van der Waals surface area contributed by atoms with Crippen LogP contribution < -0.4 is 10.6 Å². The second-order valence-electron chi connectivity index (χ2n) is 12.5. The molecule has 218 valence electrons. The first-order chi connectivity index (χ1) is 19.9. The number of halogens is 3. The minimum absolute atomic E-state index is 0.169. The molecular weight excluding hydrogens is 575 g/mol. The molecule has 7 rings (SSSR count). The van der Waals surface area contributed by atoms with Crippen molar-refractivity contribution in [1.29, 1.82) is 0 Å². The summed E-state index contributed by atoms with van der Waals surface area (Å²) in [5.74, 6) is 5.10. The van der Waals surface area contributed by atoms with Gasteiger partial charge in [-0.1, -0.05) is 59.8 Å². The van der Waals surface area contributed by atoms with Gasteiger partial charge in [-0.15, -0.1) is 0 Å². The molecule has 4 aliphatic carbocycles. The average molecular weight is 614 g/mol. The first-order valence-corrected chi connectivity index (χ1v) is 16.3. The van der Waals surface area contributed by atoms with Crippen LogP contribution in [-0.2, 0) is 6.54 Å². The molecule has 0 unspecified atom stereocenters. The molecular formula is C33H39Cl3N4O. The monoisotopic (exact) mass is 612 g/mol. The topological polar surface area (TPSA) is 59.0 Å². The molecule has 4 bridgehead atoms. The highest BCUT2D eigenvalue weighted by Crippen LogP contribution is 2.57.